The number of hydrogen-bond donors (Lipinski definition) is 1. The fraction of sp³-hybridized carbons (Fsp3) is 0.357. The molecule has 1 aromatic carbocycles. The van der Waals surface area contributed by atoms with E-state index in [1.807, 2.05) is 6.07 Å². The standard InChI is InChI=1S/C14H17BrN2O3/c1-7(2)12-13(9-6-11(16)17-20-9)8(15)5-10(18-3)14(12)19-4/h5-7H,1-4H3,(H2,16,17). The lowest BCUT2D eigenvalue weighted by molar-refractivity contribution is 0.350. The van der Waals surface area contributed by atoms with Crippen LogP contribution in [0.1, 0.15) is 25.3 Å². The Bertz CT molecular complexity index is 623. The minimum absolute atomic E-state index is 0.206. The summed E-state index contributed by atoms with van der Waals surface area (Å²) in [7, 11) is 3.23. The number of nitrogen functional groups attached to an aromatic ring is 1. The third-order valence-corrected chi connectivity index (χ3v) is 3.64. The molecule has 0 saturated carbocycles. The molecule has 1 heterocycles. The van der Waals surface area contributed by atoms with Crippen LogP contribution in [0.25, 0.3) is 11.3 Å². The average Bonchev–Trinajstić information content (AvgIpc) is 2.83. The first kappa shape index (κ1) is 14.7. The molecular formula is C14H17BrN2O3. The minimum atomic E-state index is 0.206. The number of hydrogen-bond acceptors (Lipinski definition) is 5. The van der Waals surface area contributed by atoms with Crippen LogP contribution in [0.15, 0.2) is 21.1 Å². The van der Waals surface area contributed by atoms with Gasteiger partial charge in [0.15, 0.2) is 23.1 Å². The first-order chi connectivity index (χ1) is 9.49. The maximum Gasteiger partial charge on any atom is 0.170 e. The molecule has 2 N–H and O–H groups in total. The van der Waals surface area contributed by atoms with E-state index in [1.165, 1.54) is 0 Å². The van der Waals surface area contributed by atoms with Gasteiger partial charge in [0.1, 0.15) is 0 Å². The molecule has 0 aliphatic rings. The van der Waals surface area contributed by atoms with E-state index in [1.54, 1.807) is 20.3 Å². The van der Waals surface area contributed by atoms with Gasteiger partial charge in [-0.2, -0.15) is 0 Å². The highest BCUT2D eigenvalue weighted by molar-refractivity contribution is 9.10. The maximum atomic E-state index is 5.64. The van der Waals surface area contributed by atoms with E-state index in [0.717, 1.165) is 15.6 Å². The molecule has 0 radical (unpaired) electrons. The van der Waals surface area contributed by atoms with Crippen molar-refractivity contribution >= 4 is 21.7 Å². The van der Waals surface area contributed by atoms with Gasteiger partial charge in [0.2, 0.25) is 0 Å². The van der Waals surface area contributed by atoms with Gasteiger partial charge in [0.05, 0.1) is 14.2 Å². The molecule has 108 valence electrons. The van der Waals surface area contributed by atoms with Gasteiger partial charge in [-0.05, 0) is 27.9 Å². The molecular weight excluding hydrogens is 324 g/mol. The van der Waals surface area contributed by atoms with Gasteiger partial charge in [-0.3, -0.25) is 0 Å². The van der Waals surface area contributed by atoms with Gasteiger partial charge < -0.3 is 19.7 Å². The smallest absolute Gasteiger partial charge is 0.170 e. The lowest BCUT2D eigenvalue weighted by Crippen LogP contribution is -2.01. The van der Waals surface area contributed by atoms with E-state index < -0.39 is 0 Å². The fourth-order valence-corrected chi connectivity index (χ4v) is 2.81. The van der Waals surface area contributed by atoms with Gasteiger partial charge in [0, 0.05) is 21.7 Å². The number of halogens is 1. The van der Waals surface area contributed by atoms with Gasteiger partial charge in [0.25, 0.3) is 0 Å². The zero-order valence-electron chi connectivity index (χ0n) is 11.9. The van der Waals surface area contributed by atoms with Crippen LogP contribution in [-0.2, 0) is 0 Å². The van der Waals surface area contributed by atoms with Crippen molar-refractivity contribution in [3.8, 4) is 22.8 Å². The third-order valence-electron chi connectivity index (χ3n) is 3.01. The lowest BCUT2D eigenvalue weighted by Gasteiger charge is -2.19. The largest absolute Gasteiger partial charge is 0.493 e. The highest BCUT2D eigenvalue weighted by atomic mass is 79.9. The molecule has 2 aromatic rings. The Labute approximate surface area is 126 Å². The zero-order valence-corrected chi connectivity index (χ0v) is 13.4. The van der Waals surface area contributed by atoms with Crippen LogP contribution in [0, 0.1) is 0 Å². The van der Waals surface area contributed by atoms with Crippen molar-refractivity contribution in [3.05, 3.63) is 22.2 Å². The second-order valence-electron chi connectivity index (χ2n) is 4.65. The summed E-state index contributed by atoms with van der Waals surface area (Å²) in [5.41, 5.74) is 7.50. The van der Waals surface area contributed by atoms with Gasteiger partial charge in [-0.1, -0.05) is 19.0 Å². The first-order valence-electron chi connectivity index (χ1n) is 6.16. The number of benzene rings is 1. The number of methoxy groups -OCH3 is 2. The van der Waals surface area contributed by atoms with Gasteiger partial charge in [-0.15, -0.1) is 0 Å². The van der Waals surface area contributed by atoms with Crippen LogP contribution in [0.4, 0.5) is 5.82 Å². The molecule has 2 rings (SSSR count). The molecule has 0 unspecified atom stereocenters. The Hall–Kier alpha value is -1.69. The number of nitrogens with two attached hydrogens (primary N) is 1. The molecule has 0 aliphatic carbocycles. The molecule has 0 aliphatic heterocycles. The average molecular weight is 341 g/mol. The molecule has 20 heavy (non-hydrogen) atoms. The fourth-order valence-electron chi connectivity index (χ4n) is 2.20. The Balaban J connectivity index is 2.78. The second kappa shape index (κ2) is 5.75. The summed E-state index contributed by atoms with van der Waals surface area (Å²) in [6.45, 7) is 4.15. The van der Waals surface area contributed by atoms with E-state index in [4.69, 9.17) is 19.7 Å². The van der Waals surface area contributed by atoms with Crippen LogP contribution in [0.3, 0.4) is 0 Å². The van der Waals surface area contributed by atoms with Crippen LogP contribution < -0.4 is 15.2 Å². The summed E-state index contributed by atoms with van der Waals surface area (Å²) in [5.74, 6) is 2.50. The third kappa shape index (κ3) is 2.47. The number of nitrogens with zero attached hydrogens (tertiary/aromatic N) is 1. The molecule has 5 nitrogen and oxygen atoms in total. The molecule has 0 amide bonds. The predicted octanol–water partition coefficient (Wildman–Crippen LogP) is 3.83. The number of aromatic nitrogens is 1. The monoisotopic (exact) mass is 340 g/mol. The van der Waals surface area contributed by atoms with E-state index in [-0.39, 0.29) is 5.92 Å². The van der Waals surface area contributed by atoms with Crippen LogP contribution in [0.2, 0.25) is 0 Å². The van der Waals surface area contributed by atoms with E-state index in [9.17, 15) is 0 Å². The Morgan fingerprint density at radius 3 is 2.40 bits per heavy atom. The molecule has 6 heteroatoms. The minimum Gasteiger partial charge on any atom is -0.493 e. The first-order valence-corrected chi connectivity index (χ1v) is 6.95. The number of rotatable bonds is 4. The Morgan fingerprint density at radius 1 is 1.25 bits per heavy atom. The highest BCUT2D eigenvalue weighted by Gasteiger charge is 2.24. The Kier molecular flexibility index (Phi) is 4.23. The van der Waals surface area contributed by atoms with E-state index >= 15 is 0 Å². The second-order valence-corrected chi connectivity index (χ2v) is 5.51. The zero-order chi connectivity index (χ0) is 14.9. The lowest BCUT2D eigenvalue weighted by atomic mass is 9.94. The molecule has 1 aromatic heterocycles. The summed E-state index contributed by atoms with van der Waals surface area (Å²) < 4.78 is 17.0. The quantitative estimate of drug-likeness (QED) is 0.915. The molecule has 0 fully saturated rings. The van der Waals surface area contributed by atoms with Crippen molar-refractivity contribution in [1.82, 2.24) is 5.16 Å². The maximum absolute atomic E-state index is 5.64. The van der Waals surface area contributed by atoms with Crippen LogP contribution in [0.5, 0.6) is 11.5 Å². The SMILES string of the molecule is COc1cc(Br)c(-c2cc(N)no2)c(C(C)C)c1OC. The van der Waals surface area contributed by atoms with Crippen molar-refractivity contribution in [2.24, 2.45) is 0 Å². The summed E-state index contributed by atoms with van der Waals surface area (Å²) in [4.78, 5) is 0. The highest BCUT2D eigenvalue weighted by Crippen LogP contribution is 2.46. The summed E-state index contributed by atoms with van der Waals surface area (Å²) in [6.07, 6.45) is 0. The normalized spacial score (nSPS) is 10.9. The summed E-state index contributed by atoms with van der Waals surface area (Å²) in [6, 6.07) is 3.54. The van der Waals surface area contributed by atoms with Gasteiger partial charge >= 0.3 is 0 Å². The van der Waals surface area contributed by atoms with Crippen molar-refractivity contribution in [1.29, 1.82) is 0 Å². The molecule has 0 atom stereocenters. The Morgan fingerprint density at radius 2 is 1.95 bits per heavy atom. The summed E-state index contributed by atoms with van der Waals surface area (Å²) >= 11 is 3.55. The van der Waals surface area contributed by atoms with Crippen LogP contribution >= 0.6 is 15.9 Å². The summed E-state index contributed by atoms with van der Waals surface area (Å²) in [5, 5.41) is 3.74. The topological polar surface area (TPSA) is 70.5 Å². The van der Waals surface area contributed by atoms with E-state index in [2.05, 4.69) is 34.9 Å². The van der Waals surface area contributed by atoms with Crippen molar-refractivity contribution < 1.29 is 14.0 Å². The number of ether oxygens (including phenoxy) is 2. The molecule has 0 bridgehead atoms. The van der Waals surface area contributed by atoms with Crippen molar-refractivity contribution in [2.75, 3.05) is 20.0 Å². The molecule has 0 saturated heterocycles. The van der Waals surface area contributed by atoms with Gasteiger partial charge in [-0.25, -0.2) is 0 Å². The van der Waals surface area contributed by atoms with E-state index in [0.29, 0.717) is 23.1 Å². The van der Waals surface area contributed by atoms with Crippen molar-refractivity contribution in [3.63, 3.8) is 0 Å². The number of anilines is 1. The molecule has 0 spiro atoms. The predicted molar refractivity (Wildman–Crippen MR) is 81.2 cm³/mol. The van der Waals surface area contributed by atoms with Crippen molar-refractivity contribution in [2.45, 2.75) is 19.8 Å². The van der Waals surface area contributed by atoms with Crippen LogP contribution in [-0.4, -0.2) is 19.4 Å².